The van der Waals surface area contributed by atoms with E-state index in [0.717, 1.165) is 12.1 Å². The maximum atomic E-state index is 5.93. The summed E-state index contributed by atoms with van der Waals surface area (Å²) in [5, 5.41) is 11.8. The Morgan fingerprint density at radius 2 is 2.00 bits per heavy atom. The Morgan fingerprint density at radius 3 is 2.67 bits per heavy atom. The highest BCUT2D eigenvalue weighted by molar-refractivity contribution is 6.31. The van der Waals surface area contributed by atoms with Crippen LogP contribution in [0.2, 0.25) is 5.22 Å². The largest absolute Gasteiger partial charge is 0.452 e. The Morgan fingerprint density at radius 1 is 1.19 bits per heavy atom. The summed E-state index contributed by atoms with van der Waals surface area (Å²) >= 11 is 5.93. The van der Waals surface area contributed by atoms with Crippen molar-refractivity contribution in [2.75, 3.05) is 6.54 Å². The lowest BCUT2D eigenvalue weighted by Crippen LogP contribution is -2.22. The first kappa shape index (κ1) is 13.9. The third kappa shape index (κ3) is 2.84. The fourth-order valence-electron chi connectivity index (χ4n) is 2.10. The zero-order valence-electron chi connectivity index (χ0n) is 11.4. The van der Waals surface area contributed by atoms with Crippen LogP contribution in [0.25, 0.3) is 11.5 Å². The van der Waals surface area contributed by atoms with Crippen LogP contribution in [0.3, 0.4) is 0 Å². The molecule has 0 amide bonds. The van der Waals surface area contributed by atoms with Crippen LogP contribution >= 0.6 is 11.6 Å². The fourth-order valence-corrected chi connectivity index (χ4v) is 2.30. The van der Waals surface area contributed by atoms with Gasteiger partial charge in [-0.05, 0) is 29.8 Å². The zero-order valence-corrected chi connectivity index (χ0v) is 12.2. The van der Waals surface area contributed by atoms with Crippen LogP contribution in [0.1, 0.15) is 24.4 Å². The number of rotatable bonds is 5. The minimum atomic E-state index is -0.150. The first-order chi connectivity index (χ1) is 10.3. The second kappa shape index (κ2) is 6.11. The Balaban J connectivity index is 1.94. The lowest BCUT2D eigenvalue weighted by atomic mass is 10.1. The molecule has 0 spiro atoms. The SMILES string of the molecule is CCNC(c1ccccc1)c1nnc(-c2ccoc2Cl)o1. The van der Waals surface area contributed by atoms with E-state index in [1.807, 2.05) is 37.3 Å². The van der Waals surface area contributed by atoms with E-state index in [2.05, 4.69) is 15.5 Å². The third-order valence-electron chi connectivity index (χ3n) is 3.08. The van der Waals surface area contributed by atoms with Gasteiger partial charge in [-0.2, -0.15) is 0 Å². The summed E-state index contributed by atoms with van der Waals surface area (Å²) in [5.74, 6) is 0.845. The molecule has 0 fully saturated rings. The number of halogens is 1. The van der Waals surface area contributed by atoms with Crippen molar-refractivity contribution in [1.29, 1.82) is 0 Å². The monoisotopic (exact) mass is 303 g/mol. The molecule has 0 saturated heterocycles. The van der Waals surface area contributed by atoms with Crippen molar-refractivity contribution in [3.63, 3.8) is 0 Å². The van der Waals surface area contributed by atoms with E-state index in [1.54, 1.807) is 6.07 Å². The normalized spacial score (nSPS) is 12.5. The van der Waals surface area contributed by atoms with E-state index in [4.69, 9.17) is 20.4 Å². The molecule has 0 saturated carbocycles. The predicted octanol–water partition coefficient (Wildman–Crippen LogP) is 3.68. The number of furan rings is 1. The summed E-state index contributed by atoms with van der Waals surface area (Å²) in [4.78, 5) is 0. The molecule has 6 heteroatoms. The average molecular weight is 304 g/mol. The minimum Gasteiger partial charge on any atom is -0.452 e. The van der Waals surface area contributed by atoms with Crippen molar-refractivity contribution >= 4 is 11.6 Å². The number of nitrogens with zero attached hydrogens (tertiary/aromatic N) is 2. The highest BCUT2D eigenvalue weighted by Crippen LogP contribution is 2.30. The maximum absolute atomic E-state index is 5.93. The van der Waals surface area contributed by atoms with Crippen LogP contribution < -0.4 is 5.32 Å². The third-order valence-corrected chi connectivity index (χ3v) is 3.37. The van der Waals surface area contributed by atoms with Gasteiger partial charge in [0.25, 0.3) is 5.89 Å². The van der Waals surface area contributed by atoms with Gasteiger partial charge >= 0.3 is 0 Å². The summed E-state index contributed by atoms with van der Waals surface area (Å²) in [6.07, 6.45) is 1.49. The average Bonchev–Trinajstić information content (AvgIpc) is 3.14. The van der Waals surface area contributed by atoms with Crippen molar-refractivity contribution in [3.05, 3.63) is 59.3 Å². The lowest BCUT2D eigenvalue weighted by molar-refractivity contribution is 0.444. The smallest absolute Gasteiger partial charge is 0.252 e. The number of benzene rings is 1. The lowest BCUT2D eigenvalue weighted by Gasteiger charge is -2.13. The molecule has 0 radical (unpaired) electrons. The molecule has 0 bridgehead atoms. The molecular weight excluding hydrogens is 290 g/mol. The van der Waals surface area contributed by atoms with Crippen molar-refractivity contribution < 1.29 is 8.83 Å². The van der Waals surface area contributed by atoms with Gasteiger partial charge in [-0.25, -0.2) is 0 Å². The number of hydrogen-bond donors (Lipinski definition) is 1. The number of nitrogens with one attached hydrogen (secondary N) is 1. The van der Waals surface area contributed by atoms with Gasteiger partial charge < -0.3 is 14.2 Å². The standard InChI is InChI=1S/C15H14ClN3O2/c1-2-17-12(10-6-4-3-5-7-10)15-19-18-14(21-15)11-8-9-20-13(11)16/h3-9,12,17H,2H2,1H3. The van der Waals surface area contributed by atoms with Gasteiger partial charge in [-0.1, -0.05) is 37.3 Å². The van der Waals surface area contributed by atoms with E-state index in [9.17, 15) is 0 Å². The van der Waals surface area contributed by atoms with Crippen molar-refractivity contribution in [1.82, 2.24) is 15.5 Å². The highest BCUT2D eigenvalue weighted by Gasteiger charge is 2.21. The van der Waals surface area contributed by atoms with E-state index < -0.39 is 0 Å². The van der Waals surface area contributed by atoms with Crippen LogP contribution in [-0.4, -0.2) is 16.7 Å². The van der Waals surface area contributed by atoms with Gasteiger partial charge in [0.1, 0.15) is 6.04 Å². The van der Waals surface area contributed by atoms with Gasteiger partial charge in [-0.3, -0.25) is 0 Å². The summed E-state index contributed by atoms with van der Waals surface area (Å²) in [6, 6.07) is 11.5. The van der Waals surface area contributed by atoms with Crippen LogP contribution in [0.15, 0.2) is 51.5 Å². The Hall–Kier alpha value is -2.11. The minimum absolute atomic E-state index is 0.150. The molecule has 0 aliphatic rings. The maximum Gasteiger partial charge on any atom is 0.252 e. The van der Waals surface area contributed by atoms with Crippen LogP contribution in [0, 0.1) is 0 Å². The molecule has 0 aliphatic heterocycles. The second-order valence-corrected chi connectivity index (χ2v) is 4.80. The Kier molecular flexibility index (Phi) is 4.03. The molecule has 108 valence electrons. The first-order valence-corrected chi connectivity index (χ1v) is 7.02. The predicted molar refractivity (Wildman–Crippen MR) is 79.0 cm³/mol. The van der Waals surface area contributed by atoms with Crippen LogP contribution in [-0.2, 0) is 0 Å². The number of aromatic nitrogens is 2. The van der Waals surface area contributed by atoms with Gasteiger partial charge in [0.15, 0.2) is 0 Å². The van der Waals surface area contributed by atoms with E-state index in [-0.39, 0.29) is 11.3 Å². The van der Waals surface area contributed by atoms with E-state index >= 15 is 0 Å². The first-order valence-electron chi connectivity index (χ1n) is 6.64. The fraction of sp³-hybridized carbons (Fsp3) is 0.200. The topological polar surface area (TPSA) is 64.1 Å². The molecule has 2 heterocycles. The molecule has 3 rings (SSSR count). The Labute approximate surface area is 126 Å². The molecule has 1 aromatic carbocycles. The zero-order chi connectivity index (χ0) is 14.7. The summed E-state index contributed by atoms with van der Waals surface area (Å²) in [6.45, 7) is 2.81. The van der Waals surface area contributed by atoms with Crippen LogP contribution in [0.5, 0.6) is 0 Å². The van der Waals surface area contributed by atoms with E-state index in [0.29, 0.717) is 17.3 Å². The molecule has 1 N–H and O–H groups in total. The van der Waals surface area contributed by atoms with Gasteiger partial charge in [0, 0.05) is 0 Å². The van der Waals surface area contributed by atoms with E-state index in [1.165, 1.54) is 6.26 Å². The van der Waals surface area contributed by atoms with Crippen molar-refractivity contribution in [2.24, 2.45) is 0 Å². The molecule has 1 unspecified atom stereocenters. The number of hydrogen-bond acceptors (Lipinski definition) is 5. The molecular formula is C15H14ClN3O2. The summed E-state index contributed by atoms with van der Waals surface area (Å²) < 4.78 is 10.8. The highest BCUT2D eigenvalue weighted by atomic mass is 35.5. The molecule has 2 aromatic heterocycles. The summed E-state index contributed by atoms with van der Waals surface area (Å²) in [7, 11) is 0. The van der Waals surface area contributed by atoms with Gasteiger partial charge in [0.05, 0.1) is 11.8 Å². The van der Waals surface area contributed by atoms with Crippen molar-refractivity contribution in [3.8, 4) is 11.5 Å². The molecule has 5 nitrogen and oxygen atoms in total. The molecule has 21 heavy (non-hydrogen) atoms. The van der Waals surface area contributed by atoms with Gasteiger partial charge in [0.2, 0.25) is 11.1 Å². The quantitative estimate of drug-likeness (QED) is 0.779. The molecule has 1 atom stereocenters. The van der Waals surface area contributed by atoms with Crippen molar-refractivity contribution in [2.45, 2.75) is 13.0 Å². The molecule has 0 aliphatic carbocycles. The van der Waals surface area contributed by atoms with Crippen LogP contribution in [0.4, 0.5) is 0 Å². The second-order valence-electron chi connectivity index (χ2n) is 4.45. The summed E-state index contributed by atoms with van der Waals surface area (Å²) in [5.41, 5.74) is 1.66. The molecule has 3 aromatic rings. The van der Waals surface area contributed by atoms with Gasteiger partial charge in [-0.15, -0.1) is 10.2 Å². The Bertz CT molecular complexity index is 709.